The van der Waals surface area contributed by atoms with Crippen LogP contribution in [0.15, 0.2) is 56.5 Å². The van der Waals surface area contributed by atoms with Gasteiger partial charge < -0.3 is 4.42 Å². The molecule has 0 saturated carbocycles. The Kier molecular flexibility index (Phi) is 3.93. The molecular formula is C15H7F2N3O5. The Morgan fingerprint density at radius 1 is 1.04 bits per heavy atom. The van der Waals surface area contributed by atoms with Crippen LogP contribution in [-0.4, -0.2) is 14.5 Å². The van der Waals surface area contributed by atoms with E-state index in [1.807, 2.05) is 0 Å². The van der Waals surface area contributed by atoms with Crippen molar-refractivity contribution in [3.63, 3.8) is 0 Å². The first-order valence-electron chi connectivity index (χ1n) is 6.72. The van der Waals surface area contributed by atoms with Gasteiger partial charge in [-0.1, -0.05) is 6.07 Å². The topological polar surface area (TPSA) is 108 Å². The number of rotatable bonds is 3. The first kappa shape index (κ1) is 16.2. The summed E-state index contributed by atoms with van der Waals surface area (Å²) in [6.45, 7) is 0. The minimum Gasteiger partial charge on any atom is -0.389 e. The van der Waals surface area contributed by atoms with E-state index in [2.05, 4.69) is 4.98 Å². The SMILES string of the molecule is O=c1nc(-c2c(F)cccc2F)oc(=O)n1-c1ccc([N+](=O)[O-])cc1. The molecule has 2 aromatic carbocycles. The van der Waals surface area contributed by atoms with E-state index in [4.69, 9.17) is 4.42 Å². The zero-order valence-corrected chi connectivity index (χ0v) is 12.2. The summed E-state index contributed by atoms with van der Waals surface area (Å²) in [7, 11) is 0. The molecule has 126 valence electrons. The number of benzene rings is 2. The van der Waals surface area contributed by atoms with Gasteiger partial charge in [-0.3, -0.25) is 10.1 Å². The minimum absolute atomic E-state index is 0.0441. The molecule has 1 heterocycles. The van der Waals surface area contributed by atoms with Crippen LogP contribution in [0.4, 0.5) is 14.5 Å². The van der Waals surface area contributed by atoms with Gasteiger partial charge in [0.2, 0.25) is 5.89 Å². The highest BCUT2D eigenvalue weighted by Crippen LogP contribution is 2.22. The smallest absolute Gasteiger partial charge is 0.389 e. The summed E-state index contributed by atoms with van der Waals surface area (Å²) < 4.78 is 32.7. The predicted molar refractivity (Wildman–Crippen MR) is 80.4 cm³/mol. The van der Waals surface area contributed by atoms with Gasteiger partial charge in [0.1, 0.15) is 17.2 Å². The molecule has 0 aliphatic carbocycles. The number of nitro groups is 1. The molecule has 10 heteroatoms. The number of nitrogens with zero attached hydrogens (tertiary/aromatic N) is 3. The molecule has 0 aliphatic rings. The Bertz CT molecular complexity index is 1040. The molecule has 25 heavy (non-hydrogen) atoms. The van der Waals surface area contributed by atoms with E-state index >= 15 is 0 Å². The maximum Gasteiger partial charge on any atom is 0.429 e. The summed E-state index contributed by atoms with van der Waals surface area (Å²) in [5.41, 5.74) is -2.19. The van der Waals surface area contributed by atoms with Gasteiger partial charge in [-0.2, -0.15) is 9.55 Å². The van der Waals surface area contributed by atoms with Crippen LogP contribution in [0.25, 0.3) is 17.1 Å². The first-order valence-corrected chi connectivity index (χ1v) is 6.72. The van der Waals surface area contributed by atoms with E-state index in [0.29, 0.717) is 4.57 Å². The average Bonchev–Trinajstić information content (AvgIpc) is 2.54. The Morgan fingerprint density at radius 3 is 2.16 bits per heavy atom. The van der Waals surface area contributed by atoms with Crippen molar-refractivity contribution in [3.05, 3.63) is 85.2 Å². The van der Waals surface area contributed by atoms with Crippen molar-refractivity contribution < 1.29 is 18.1 Å². The third kappa shape index (κ3) is 2.92. The van der Waals surface area contributed by atoms with Gasteiger partial charge in [0.25, 0.3) is 5.69 Å². The van der Waals surface area contributed by atoms with Crippen molar-refractivity contribution in [3.8, 4) is 17.1 Å². The zero-order valence-electron chi connectivity index (χ0n) is 12.2. The normalized spacial score (nSPS) is 10.6. The van der Waals surface area contributed by atoms with Crippen molar-refractivity contribution in [2.24, 2.45) is 0 Å². The van der Waals surface area contributed by atoms with E-state index in [0.717, 1.165) is 42.5 Å². The molecule has 0 saturated heterocycles. The number of aromatic nitrogens is 2. The van der Waals surface area contributed by atoms with Crippen molar-refractivity contribution in [2.45, 2.75) is 0 Å². The predicted octanol–water partition coefficient (Wildman–Crippen LogP) is 2.04. The maximum atomic E-state index is 13.7. The van der Waals surface area contributed by atoms with Crippen molar-refractivity contribution in [2.75, 3.05) is 0 Å². The van der Waals surface area contributed by atoms with Gasteiger partial charge in [-0.15, -0.1) is 0 Å². The zero-order chi connectivity index (χ0) is 18.1. The standard InChI is InChI=1S/C15H7F2N3O5/c16-10-2-1-3-11(17)12(10)13-18-14(21)19(15(22)25-13)8-4-6-9(7-5-8)20(23)24/h1-7H. The lowest BCUT2D eigenvalue weighted by atomic mass is 10.2. The fourth-order valence-corrected chi connectivity index (χ4v) is 2.11. The second kappa shape index (κ2) is 6.07. The minimum atomic E-state index is -1.24. The number of hydrogen-bond acceptors (Lipinski definition) is 6. The molecule has 0 fully saturated rings. The number of non-ortho nitro benzene ring substituents is 1. The van der Waals surface area contributed by atoms with Crippen molar-refractivity contribution >= 4 is 5.69 Å². The third-order valence-corrected chi connectivity index (χ3v) is 3.25. The molecule has 0 radical (unpaired) electrons. The van der Waals surface area contributed by atoms with E-state index in [-0.39, 0.29) is 11.4 Å². The van der Waals surface area contributed by atoms with Crippen LogP contribution in [0.2, 0.25) is 0 Å². The summed E-state index contributed by atoms with van der Waals surface area (Å²) in [4.78, 5) is 37.5. The molecule has 3 aromatic rings. The number of hydrogen-bond donors (Lipinski definition) is 0. The molecule has 0 bridgehead atoms. The summed E-state index contributed by atoms with van der Waals surface area (Å²) in [5.74, 6) is -4.15. The van der Waals surface area contributed by atoms with Gasteiger partial charge in [-0.05, 0) is 24.3 Å². The summed E-state index contributed by atoms with van der Waals surface area (Å²) in [6.07, 6.45) is 0. The molecule has 0 atom stereocenters. The molecule has 0 spiro atoms. The number of halogens is 2. The van der Waals surface area contributed by atoms with Crippen molar-refractivity contribution in [1.82, 2.24) is 9.55 Å². The van der Waals surface area contributed by atoms with E-state index in [1.54, 1.807) is 0 Å². The Morgan fingerprint density at radius 2 is 1.64 bits per heavy atom. The van der Waals surface area contributed by atoms with Crippen molar-refractivity contribution in [1.29, 1.82) is 0 Å². The molecule has 0 aliphatic heterocycles. The van der Waals surface area contributed by atoms with Crippen LogP contribution in [0.5, 0.6) is 0 Å². The molecule has 0 amide bonds. The quantitative estimate of drug-likeness (QED) is 0.530. The first-order chi connectivity index (χ1) is 11.9. The molecule has 0 unspecified atom stereocenters. The summed E-state index contributed by atoms with van der Waals surface area (Å²) >= 11 is 0. The lowest BCUT2D eigenvalue weighted by Crippen LogP contribution is -2.33. The Balaban J connectivity index is 2.15. The summed E-state index contributed by atoms with van der Waals surface area (Å²) in [5, 5.41) is 10.6. The lowest BCUT2D eigenvalue weighted by Gasteiger charge is -2.05. The van der Waals surface area contributed by atoms with Gasteiger partial charge in [0, 0.05) is 12.1 Å². The highest BCUT2D eigenvalue weighted by atomic mass is 19.1. The second-order valence-corrected chi connectivity index (χ2v) is 4.77. The van der Waals surface area contributed by atoms with Crippen LogP contribution in [0.1, 0.15) is 0 Å². The highest BCUT2D eigenvalue weighted by molar-refractivity contribution is 5.54. The molecule has 0 N–H and O–H groups in total. The fourth-order valence-electron chi connectivity index (χ4n) is 2.11. The maximum absolute atomic E-state index is 13.7. The lowest BCUT2D eigenvalue weighted by molar-refractivity contribution is -0.384. The molecule has 3 rings (SSSR count). The monoisotopic (exact) mass is 347 g/mol. The largest absolute Gasteiger partial charge is 0.429 e. The van der Waals surface area contributed by atoms with E-state index < -0.39 is 39.5 Å². The molecule has 1 aromatic heterocycles. The molecule has 8 nitrogen and oxygen atoms in total. The van der Waals surface area contributed by atoms with Crippen LogP contribution in [-0.2, 0) is 0 Å². The summed E-state index contributed by atoms with van der Waals surface area (Å²) in [6, 6.07) is 7.37. The van der Waals surface area contributed by atoms with Crippen LogP contribution in [0.3, 0.4) is 0 Å². The van der Waals surface area contributed by atoms with Gasteiger partial charge in [-0.25, -0.2) is 18.4 Å². The van der Waals surface area contributed by atoms with Crippen LogP contribution in [0, 0.1) is 21.7 Å². The van der Waals surface area contributed by atoms with Gasteiger partial charge in [0.05, 0.1) is 10.6 Å². The van der Waals surface area contributed by atoms with E-state index in [1.165, 1.54) is 0 Å². The third-order valence-electron chi connectivity index (χ3n) is 3.25. The number of nitro benzene ring substituents is 1. The van der Waals surface area contributed by atoms with E-state index in [9.17, 15) is 28.5 Å². The van der Waals surface area contributed by atoms with Gasteiger partial charge in [0.15, 0.2) is 0 Å². The van der Waals surface area contributed by atoms with Gasteiger partial charge >= 0.3 is 11.4 Å². The highest BCUT2D eigenvalue weighted by Gasteiger charge is 2.19. The average molecular weight is 347 g/mol. The Hall–Kier alpha value is -3.69. The van der Waals surface area contributed by atoms with Crippen LogP contribution >= 0.6 is 0 Å². The Labute approximate surface area is 136 Å². The van der Waals surface area contributed by atoms with Crippen LogP contribution < -0.4 is 11.4 Å². The second-order valence-electron chi connectivity index (χ2n) is 4.77. The fraction of sp³-hybridized carbons (Fsp3) is 0. The molecular weight excluding hydrogens is 340 g/mol.